The van der Waals surface area contributed by atoms with E-state index in [-0.39, 0.29) is 23.0 Å². The zero-order valence-electron chi connectivity index (χ0n) is 14.5. The highest BCUT2D eigenvalue weighted by molar-refractivity contribution is 6.29. The summed E-state index contributed by atoms with van der Waals surface area (Å²) in [6.07, 6.45) is 2.09. The van der Waals surface area contributed by atoms with E-state index in [0.717, 1.165) is 28.2 Å². The molecule has 1 amide bonds. The third kappa shape index (κ3) is 2.65. The average Bonchev–Trinajstić information content (AvgIpc) is 3.19. The summed E-state index contributed by atoms with van der Waals surface area (Å²) in [7, 11) is 0. The van der Waals surface area contributed by atoms with Gasteiger partial charge in [0.2, 0.25) is 5.91 Å². The molecule has 2 aromatic heterocycles. The number of rotatable bonds is 3. The Morgan fingerprint density at radius 2 is 2.04 bits per heavy atom. The van der Waals surface area contributed by atoms with E-state index in [9.17, 15) is 9.18 Å². The van der Waals surface area contributed by atoms with Crippen LogP contribution in [0.3, 0.4) is 0 Å². The van der Waals surface area contributed by atoms with Gasteiger partial charge in [0.15, 0.2) is 5.65 Å². The minimum Gasteiger partial charge on any atom is -0.309 e. The Balaban J connectivity index is 1.88. The summed E-state index contributed by atoms with van der Waals surface area (Å²) in [6.45, 7) is 4.70. The van der Waals surface area contributed by atoms with Crippen molar-refractivity contribution in [1.29, 1.82) is 0 Å². The number of benzene rings is 1. The maximum Gasteiger partial charge on any atom is 0.241 e. The topological polar surface area (TPSA) is 50.5 Å². The predicted octanol–water partition coefficient (Wildman–Crippen LogP) is 3.32. The van der Waals surface area contributed by atoms with E-state index in [4.69, 9.17) is 11.6 Å². The molecule has 0 unspecified atom stereocenters. The van der Waals surface area contributed by atoms with Crippen molar-refractivity contribution < 1.29 is 9.18 Å². The van der Waals surface area contributed by atoms with E-state index in [1.807, 2.05) is 10.6 Å². The first-order valence-electron chi connectivity index (χ1n) is 8.37. The van der Waals surface area contributed by atoms with Crippen LogP contribution >= 0.6 is 11.6 Å². The Labute approximate surface area is 155 Å². The largest absolute Gasteiger partial charge is 0.309 e. The smallest absolute Gasteiger partial charge is 0.241 e. The molecule has 0 aliphatic carbocycles. The van der Waals surface area contributed by atoms with Crippen molar-refractivity contribution >= 4 is 28.8 Å². The first-order valence-corrected chi connectivity index (χ1v) is 8.91. The molecule has 0 N–H and O–H groups in total. The Kier molecular flexibility index (Phi) is 3.95. The number of carbonyl (C=O) groups is 1. The van der Waals surface area contributed by atoms with Gasteiger partial charge in [-0.1, -0.05) is 26.0 Å². The summed E-state index contributed by atoms with van der Waals surface area (Å²) in [5.74, 6) is -0.472. The number of hydrogen-bond donors (Lipinski definition) is 0. The average molecular weight is 373 g/mol. The summed E-state index contributed by atoms with van der Waals surface area (Å²) in [5.41, 5.74) is 4.14. The number of nitrogens with zero attached hydrogens (tertiary/aromatic N) is 4. The number of fused-ring (bicyclic) bond motifs is 3. The number of alkyl halides is 1. The van der Waals surface area contributed by atoms with E-state index >= 15 is 0 Å². The monoisotopic (exact) mass is 372 g/mol. The van der Waals surface area contributed by atoms with E-state index in [2.05, 4.69) is 23.9 Å². The van der Waals surface area contributed by atoms with Crippen molar-refractivity contribution in [3.8, 4) is 0 Å². The van der Waals surface area contributed by atoms with Gasteiger partial charge < -0.3 is 4.90 Å². The molecule has 0 radical (unpaired) electrons. The van der Waals surface area contributed by atoms with Crippen molar-refractivity contribution in [3.63, 3.8) is 0 Å². The highest BCUT2D eigenvalue weighted by Crippen LogP contribution is 2.41. The lowest BCUT2D eigenvalue weighted by Gasteiger charge is -2.19. The van der Waals surface area contributed by atoms with Crippen LogP contribution in [0.1, 0.15) is 30.7 Å². The van der Waals surface area contributed by atoms with Crippen LogP contribution in [0.15, 0.2) is 36.7 Å². The molecule has 1 aliphatic rings. The van der Waals surface area contributed by atoms with Crippen LogP contribution in [0.2, 0.25) is 0 Å². The van der Waals surface area contributed by atoms with E-state index in [0.29, 0.717) is 13.0 Å². The van der Waals surface area contributed by atoms with Gasteiger partial charge in [0.25, 0.3) is 0 Å². The van der Waals surface area contributed by atoms with Crippen LogP contribution in [0, 0.1) is 5.82 Å². The molecule has 0 saturated carbocycles. The molecule has 0 atom stereocenters. The maximum absolute atomic E-state index is 13.2. The first-order chi connectivity index (χ1) is 12.4. The molecule has 0 saturated heterocycles. The molecule has 5 nitrogen and oxygen atoms in total. The first kappa shape index (κ1) is 17.0. The van der Waals surface area contributed by atoms with Gasteiger partial charge in [-0.25, -0.2) is 13.9 Å². The van der Waals surface area contributed by atoms with Crippen LogP contribution in [0.25, 0.3) is 5.65 Å². The van der Waals surface area contributed by atoms with Gasteiger partial charge in [0.05, 0.1) is 11.4 Å². The van der Waals surface area contributed by atoms with E-state index < -0.39 is 0 Å². The molecule has 1 aromatic carbocycles. The van der Waals surface area contributed by atoms with Crippen LogP contribution in [-0.4, -0.2) is 32.9 Å². The Bertz CT molecular complexity index is 997. The molecule has 3 aromatic rings. The SMILES string of the molecule is CC1(C)CN(C(=O)CCl)c2cc(Cc3ccc(F)cc3)c3ncnn3c21. The Hall–Kier alpha value is -2.47. The summed E-state index contributed by atoms with van der Waals surface area (Å²) in [5, 5.41) is 4.40. The van der Waals surface area contributed by atoms with E-state index in [1.54, 1.807) is 17.0 Å². The van der Waals surface area contributed by atoms with Gasteiger partial charge in [0.1, 0.15) is 18.0 Å². The number of pyridine rings is 1. The summed E-state index contributed by atoms with van der Waals surface area (Å²) in [4.78, 5) is 18.5. The van der Waals surface area contributed by atoms with Gasteiger partial charge >= 0.3 is 0 Å². The lowest BCUT2D eigenvalue weighted by atomic mass is 9.90. The number of aromatic nitrogens is 3. The van der Waals surface area contributed by atoms with Crippen molar-refractivity contribution in [2.75, 3.05) is 17.3 Å². The second-order valence-electron chi connectivity index (χ2n) is 7.20. The lowest BCUT2D eigenvalue weighted by molar-refractivity contribution is -0.116. The molecule has 0 fully saturated rings. The maximum atomic E-state index is 13.2. The highest BCUT2D eigenvalue weighted by Gasteiger charge is 2.41. The minimum atomic E-state index is -0.268. The van der Waals surface area contributed by atoms with Gasteiger partial charge in [-0.3, -0.25) is 4.79 Å². The Morgan fingerprint density at radius 3 is 2.73 bits per heavy atom. The normalized spacial score (nSPS) is 15.5. The quantitative estimate of drug-likeness (QED) is 0.663. The van der Waals surface area contributed by atoms with Crippen LogP contribution in [0.5, 0.6) is 0 Å². The molecule has 0 spiro atoms. The number of anilines is 1. The van der Waals surface area contributed by atoms with Crippen LogP contribution in [-0.2, 0) is 16.6 Å². The van der Waals surface area contributed by atoms with Gasteiger partial charge in [-0.2, -0.15) is 5.10 Å². The van der Waals surface area contributed by atoms with Gasteiger partial charge in [0, 0.05) is 23.9 Å². The molecule has 7 heteroatoms. The van der Waals surface area contributed by atoms with Crippen molar-refractivity contribution in [2.45, 2.75) is 25.7 Å². The fourth-order valence-electron chi connectivity index (χ4n) is 3.67. The molecule has 1 aliphatic heterocycles. The number of hydrogen-bond acceptors (Lipinski definition) is 3. The summed E-state index contributed by atoms with van der Waals surface area (Å²) < 4.78 is 15.0. The number of carbonyl (C=O) groups excluding carboxylic acids is 1. The number of amides is 1. The van der Waals surface area contributed by atoms with Crippen molar-refractivity contribution in [3.05, 3.63) is 59.3 Å². The van der Waals surface area contributed by atoms with Crippen LogP contribution < -0.4 is 4.90 Å². The lowest BCUT2D eigenvalue weighted by Crippen LogP contribution is -2.34. The Morgan fingerprint density at radius 1 is 1.31 bits per heavy atom. The second kappa shape index (κ2) is 6.06. The zero-order valence-corrected chi connectivity index (χ0v) is 15.3. The molecule has 26 heavy (non-hydrogen) atoms. The second-order valence-corrected chi connectivity index (χ2v) is 7.47. The van der Waals surface area contributed by atoms with E-state index in [1.165, 1.54) is 18.5 Å². The molecule has 134 valence electrons. The minimum absolute atomic E-state index is 0.0712. The highest BCUT2D eigenvalue weighted by atomic mass is 35.5. The zero-order chi connectivity index (χ0) is 18.5. The fraction of sp³-hybridized carbons (Fsp3) is 0.316. The fourth-order valence-corrected chi connectivity index (χ4v) is 3.82. The molecular formula is C19H18ClFN4O. The van der Waals surface area contributed by atoms with Gasteiger partial charge in [-0.15, -0.1) is 11.6 Å². The summed E-state index contributed by atoms with van der Waals surface area (Å²) in [6, 6.07) is 8.37. The van der Waals surface area contributed by atoms with Crippen LogP contribution in [0.4, 0.5) is 10.1 Å². The number of halogens is 2. The molecule has 4 rings (SSSR count). The van der Waals surface area contributed by atoms with Gasteiger partial charge in [-0.05, 0) is 23.8 Å². The predicted molar refractivity (Wildman–Crippen MR) is 98.3 cm³/mol. The molecule has 3 heterocycles. The van der Waals surface area contributed by atoms with Crippen molar-refractivity contribution in [1.82, 2.24) is 14.6 Å². The van der Waals surface area contributed by atoms with Crippen molar-refractivity contribution in [2.24, 2.45) is 0 Å². The standard InChI is InChI=1S/C19H18ClFN4O/c1-19(2)10-24(16(26)9-20)15-8-13(7-12-3-5-14(21)6-4-12)18-22-11-23-25(18)17(15)19/h3-6,8,11H,7,9-10H2,1-2H3. The third-order valence-electron chi connectivity index (χ3n) is 4.81. The third-order valence-corrected chi connectivity index (χ3v) is 5.04. The molecular weight excluding hydrogens is 355 g/mol. The summed E-state index contributed by atoms with van der Waals surface area (Å²) >= 11 is 5.81. The molecule has 0 bridgehead atoms.